The van der Waals surface area contributed by atoms with Gasteiger partial charge in [0, 0.05) is 13.1 Å². The van der Waals surface area contributed by atoms with E-state index in [1.165, 1.54) is 4.90 Å². The van der Waals surface area contributed by atoms with Gasteiger partial charge in [0.15, 0.2) is 9.84 Å². The zero-order valence-corrected chi connectivity index (χ0v) is 12.9. The van der Waals surface area contributed by atoms with E-state index in [9.17, 15) is 18.0 Å². The number of carbonyl (C=O) groups is 2. The molecule has 1 aliphatic rings. The molecule has 0 radical (unpaired) electrons. The van der Waals surface area contributed by atoms with Crippen molar-refractivity contribution in [1.29, 1.82) is 0 Å². The molecule has 0 aromatic heterocycles. The predicted octanol–water partition coefficient (Wildman–Crippen LogP) is 0.770. The summed E-state index contributed by atoms with van der Waals surface area (Å²) in [4.78, 5) is 24.2. The van der Waals surface area contributed by atoms with Crippen LogP contribution in [-0.2, 0) is 19.4 Å². The Labute approximate surface area is 120 Å². The predicted molar refractivity (Wildman–Crippen MR) is 75.0 cm³/mol. The highest BCUT2D eigenvalue weighted by molar-refractivity contribution is 7.92. The molecule has 0 aliphatic carbocycles. The van der Waals surface area contributed by atoms with Gasteiger partial charge in [0.05, 0.1) is 11.7 Å². The Balaban J connectivity index is 2.46. The average molecular weight is 305 g/mol. The van der Waals surface area contributed by atoms with Gasteiger partial charge < -0.3 is 10.0 Å². The van der Waals surface area contributed by atoms with E-state index in [0.717, 1.165) is 0 Å². The van der Waals surface area contributed by atoms with Crippen molar-refractivity contribution >= 4 is 21.7 Å². The van der Waals surface area contributed by atoms with Crippen LogP contribution < -0.4 is 0 Å². The summed E-state index contributed by atoms with van der Waals surface area (Å²) in [6.07, 6.45) is 1.34. The zero-order valence-electron chi connectivity index (χ0n) is 12.0. The molecule has 0 unspecified atom stereocenters. The van der Waals surface area contributed by atoms with Crippen molar-refractivity contribution in [1.82, 2.24) is 4.90 Å². The van der Waals surface area contributed by atoms with Crippen molar-refractivity contribution in [2.75, 3.05) is 24.6 Å². The van der Waals surface area contributed by atoms with E-state index in [1.54, 1.807) is 0 Å². The molecule has 1 amide bonds. The summed E-state index contributed by atoms with van der Waals surface area (Å²) >= 11 is 0. The van der Waals surface area contributed by atoms with Gasteiger partial charge in [-0.25, -0.2) is 8.42 Å². The van der Waals surface area contributed by atoms with E-state index in [-0.39, 0.29) is 11.7 Å². The number of hydrogen-bond acceptors (Lipinski definition) is 4. The lowest BCUT2D eigenvalue weighted by atomic mass is 9.97. The van der Waals surface area contributed by atoms with E-state index in [0.29, 0.717) is 32.4 Å². The summed E-state index contributed by atoms with van der Waals surface area (Å²) in [5, 5.41) is 8.87. The van der Waals surface area contributed by atoms with Crippen molar-refractivity contribution < 1.29 is 23.1 Å². The standard InChI is InChI=1S/C13H23NO5S/c1-10(2)5-8-20(18,19)9-12(15)14-6-3-11(4-7-14)13(16)17/h10-11H,3-9H2,1-2H3,(H,16,17). The summed E-state index contributed by atoms with van der Waals surface area (Å²) in [7, 11) is -3.36. The Hall–Kier alpha value is -1.11. The summed E-state index contributed by atoms with van der Waals surface area (Å²) < 4.78 is 23.6. The van der Waals surface area contributed by atoms with Crippen LogP contribution in [0.2, 0.25) is 0 Å². The highest BCUT2D eigenvalue weighted by Crippen LogP contribution is 2.17. The largest absolute Gasteiger partial charge is 0.481 e. The topological polar surface area (TPSA) is 91.8 Å². The normalized spacial score (nSPS) is 17.4. The maximum Gasteiger partial charge on any atom is 0.306 e. The molecule has 0 aromatic rings. The van der Waals surface area contributed by atoms with E-state index in [2.05, 4.69) is 0 Å². The maximum atomic E-state index is 11.9. The Morgan fingerprint density at radius 2 is 1.80 bits per heavy atom. The van der Waals surface area contributed by atoms with Gasteiger partial charge in [-0.05, 0) is 25.2 Å². The molecule has 0 aromatic carbocycles. The van der Waals surface area contributed by atoms with E-state index in [1.807, 2.05) is 13.8 Å². The summed E-state index contributed by atoms with van der Waals surface area (Å²) in [5.41, 5.74) is 0. The fourth-order valence-corrected chi connectivity index (χ4v) is 3.68. The molecule has 0 atom stereocenters. The quantitative estimate of drug-likeness (QED) is 0.782. The van der Waals surface area contributed by atoms with Gasteiger partial charge in [-0.2, -0.15) is 0 Å². The second-order valence-corrected chi connectivity index (χ2v) is 7.95. The molecule has 1 saturated heterocycles. The molecular formula is C13H23NO5S. The van der Waals surface area contributed by atoms with Gasteiger partial charge in [0.2, 0.25) is 5.91 Å². The molecule has 1 aliphatic heterocycles. The second-order valence-electron chi connectivity index (χ2n) is 5.77. The zero-order chi connectivity index (χ0) is 15.3. The molecule has 1 rings (SSSR count). The van der Waals surface area contributed by atoms with E-state index < -0.39 is 33.4 Å². The number of hydrogen-bond donors (Lipinski definition) is 1. The van der Waals surface area contributed by atoms with Crippen molar-refractivity contribution in [2.45, 2.75) is 33.1 Å². The fraction of sp³-hybridized carbons (Fsp3) is 0.846. The molecule has 7 heteroatoms. The third kappa shape index (κ3) is 5.48. The van der Waals surface area contributed by atoms with Crippen molar-refractivity contribution in [3.05, 3.63) is 0 Å². The average Bonchev–Trinajstić information content (AvgIpc) is 2.36. The molecule has 116 valence electrons. The number of carboxylic acid groups (broad SMARTS) is 1. The molecule has 1 heterocycles. The number of nitrogens with zero attached hydrogens (tertiary/aromatic N) is 1. The number of carboxylic acids is 1. The molecular weight excluding hydrogens is 282 g/mol. The lowest BCUT2D eigenvalue weighted by Crippen LogP contribution is -2.43. The van der Waals surface area contributed by atoms with Gasteiger partial charge in [0.25, 0.3) is 0 Å². The Kier molecular flexibility index (Phi) is 5.98. The minimum atomic E-state index is -3.36. The number of piperidine rings is 1. The smallest absolute Gasteiger partial charge is 0.306 e. The molecule has 1 fully saturated rings. The molecule has 0 bridgehead atoms. The molecule has 0 saturated carbocycles. The Morgan fingerprint density at radius 3 is 2.25 bits per heavy atom. The highest BCUT2D eigenvalue weighted by Gasteiger charge is 2.29. The fourth-order valence-electron chi connectivity index (χ4n) is 2.14. The first-order valence-electron chi connectivity index (χ1n) is 6.92. The third-order valence-electron chi connectivity index (χ3n) is 3.55. The van der Waals surface area contributed by atoms with Crippen molar-refractivity contribution in [2.24, 2.45) is 11.8 Å². The number of carbonyl (C=O) groups excluding carboxylic acids is 1. The van der Waals surface area contributed by atoms with Gasteiger partial charge >= 0.3 is 5.97 Å². The monoisotopic (exact) mass is 305 g/mol. The summed E-state index contributed by atoms with van der Waals surface area (Å²) in [6.45, 7) is 4.53. The maximum absolute atomic E-state index is 11.9. The van der Waals surface area contributed by atoms with Crippen molar-refractivity contribution in [3.8, 4) is 0 Å². The van der Waals surface area contributed by atoms with Crippen LogP contribution in [0.5, 0.6) is 0 Å². The third-order valence-corrected chi connectivity index (χ3v) is 5.09. The van der Waals surface area contributed by atoms with Crippen LogP contribution in [0.4, 0.5) is 0 Å². The number of likely N-dealkylation sites (tertiary alicyclic amines) is 1. The van der Waals surface area contributed by atoms with Crippen LogP contribution in [0.1, 0.15) is 33.1 Å². The SMILES string of the molecule is CC(C)CCS(=O)(=O)CC(=O)N1CCC(C(=O)O)CC1. The number of sulfone groups is 1. The first kappa shape index (κ1) is 16.9. The van der Waals surface area contributed by atoms with Gasteiger partial charge in [0.1, 0.15) is 5.75 Å². The Morgan fingerprint density at radius 1 is 1.25 bits per heavy atom. The Bertz CT molecular complexity index is 449. The second kappa shape index (κ2) is 7.06. The lowest BCUT2D eigenvalue weighted by molar-refractivity contribution is -0.145. The van der Waals surface area contributed by atoms with Crippen LogP contribution in [0, 0.1) is 11.8 Å². The number of amides is 1. The van der Waals surface area contributed by atoms with E-state index in [4.69, 9.17) is 5.11 Å². The summed E-state index contributed by atoms with van der Waals surface area (Å²) in [6, 6.07) is 0. The van der Waals surface area contributed by atoms with Crippen molar-refractivity contribution in [3.63, 3.8) is 0 Å². The van der Waals surface area contributed by atoms with Crippen LogP contribution >= 0.6 is 0 Å². The molecule has 20 heavy (non-hydrogen) atoms. The molecule has 1 N–H and O–H groups in total. The number of rotatable bonds is 6. The van der Waals surface area contributed by atoms with Crippen LogP contribution in [0.15, 0.2) is 0 Å². The first-order valence-corrected chi connectivity index (χ1v) is 8.74. The minimum Gasteiger partial charge on any atom is -0.481 e. The highest BCUT2D eigenvalue weighted by atomic mass is 32.2. The van der Waals surface area contributed by atoms with Gasteiger partial charge in [-0.1, -0.05) is 13.8 Å². The molecule has 0 spiro atoms. The first-order chi connectivity index (χ1) is 9.21. The van der Waals surface area contributed by atoms with E-state index >= 15 is 0 Å². The lowest BCUT2D eigenvalue weighted by Gasteiger charge is -2.30. The van der Waals surface area contributed by atoms with Crippen LogP contribution in [-0.4, -0.2) is 54.9 Å². The van der Waals surface area contributed by atoms with Gasteiger partial charge in [-0.15, -0.1) is 0 Å². The molecule has 6 nitrogen and oxygen atoms in total. The van der Waals surface area contributed by atoms with Crippen LogP contribution in [0.25, 0.3) is 0 Å². The minimum absolute atomic E-state index is 0.0298. The van der Waals surface area contributed by atoms with Crippen LogP contribution in [0.3, 0.4) is 0 Å². The summed E-state index contributed by atoms with van der Waals surface area (Å²) in [5.74, 6) is -1.82. The number of aliphatic carboxylic acids is 1. The van der Waals surface area contributed by atoms with Gasteiger partial charge in [-0.3, -0.25) is 9.59 Å².